The fourth-order valence-electron chi connectivity index (χ4n) is 8.23. The summed E-state index contributed by atoms with van der Waals surface area (Å²) < 4.78 is 13.1. The molecule has 0 fully saturated rings. The molecule has 0 aliphatic carbocycles. The number of anilines is 3. The third-order valence-electron chi connectivity index (χ3n) is 10.9. The molecule has 258 valence electrons. The summed E-state index contributed by atoms with van der Waals surface area (Å²) in [5.74, 6) is 0. The Morgan fingerprint density at radius 1 is 0.327 bits per heavy atom. The summed E-state index contributed by atoms with van der Waals surface area (Å²) in [5.41, 5.74) is 13.6. The molecular formula is C52H33NO2. The molecule has 0 radical (unpaired) electrons. The largest absolute Gasteiger partial charge is 0.456 e. The van der Waals surface area contributed by atoms with Gasteiger partial charge in [0, 0.05) is 38.3 Å². The highest BCUT2D eigenvalue weighted by molar-refractivity contribution is 6.17. The minimum Gasteiger partial charge on any atom is -0.456 e. The minimum atomic E-state index is 0.854. The lowest BCUT2D eigenvalue weighted by Gasteiger charge is -2.26. The van der Waals surface area contributed by atoms with Gasteiger partial charge in [-0.3, -0.25) is 0 Å². The lowest BCUT2D eigenvalue weighted by molar-refractivity contribution is 0.669. The smallest absolute Gasteiger partial charge is 0.159 e. The average Bonchev–Trinajstić information content (AvgIpc) is 3.84. The molecule has 0 saturated carbocycles. The first-order valence-corrected chi connectivity index (χ1v) is 18.7. The summed E-state index contributed by atoms with van der Waals surface area (Å²) in [4.78, 5) is 2.31. The van der Waals surface area contributed by atoms with Gasteiger partial charge in [-0.05, 0) is 93.4 Å². The highest BCUT2D eigenvalue weighted by Gasteiger charge is 2.21. The Morgan fingerprint density at radius 3 is 1.71 bits per heavy atom. The minimum absolute atomic E-state index is 0.854. The number of para-hydroxylation sites is 2. The van der Waals surface area contributed by atoms with Crippen molar-refractivity contribution in [3.8, 4) is 33.4 Å². The van der Waals surface area contributed by atoms with E-state index in [1.807, 2.05) is 18.2 Å². The van der Waals surface area contributed by atoms with Crippen LogP contribution in [0, 0.1) is 0 Å². The Bertz CT molecular complexity index is 3190. The van der Waals surface area contributed by atoms with Crippen LogP contribution in [0.4, 0.5) is 17.1 Å². The zero-order chi connectivity index (χ0) is 36.3. The van der Waals surface area contributed by atoms with Crippen molar-refractivity contribution in [3.63, 3.8) is 0 Å². The van der Waals surface area contributed by atoms with E-state index in [0.29, 0.717) is 0 Å². The van der Waals surface area contributed by atoms with Crippen LogP contribution < -0.4 is 4.90 Å². The van der Waals surface area contributed by atoms with Crippen molar-refractivity contribution in [3.05, 3.63) is 200 Å². The molecule has 0 unspecified atom stereocenters. The summed E-state index contributed by atoms with van der Waals surface area (Å²) in [6.07, 6.45) is 0. The molecule has 55 heavy (non-hydrogen) atoms. The second-order valence-corrected chi connectivity index (χ2v) is 14.1. The molecule has 2 heterocycles. The van der Waals surface area contributed by atoms with Gasteiger partial charge in [-0.1, -0.05) is 146 Å². The second-order valence-electron chi connectivity index (χ2n) is 14.1. The van der Waals surface area contributed by atoms with Crippen LogP contribution >= 0.6 is 0 Å². The predicted molar refractivity (Wildman–Crippen MR) is 229 cm³/mol. The summed E-state index contributed by atoms with van der Waals surface area (Å²) in [6.45, 7) is 0. The molecule has 0 saturated heterocycles. The number of rotatable bonds is 6. The maximum absolute atomic E-state index is 6.89. The van der Waals surface area contributed by atoms with Gasteiger partial charge in [-0.25, -0.2) is 0 Å². The number of hydrogen-bond acceptors (Lipinski definition) is 3. The van der Waals surface area contributed by atoms with Crippen LogP contribution in [0.15, 0.2) is 209 Å². The van der Waals surface area contributed by atoms with Crippen molar-refractivity contribution in [2.24, 2.45) is 0 Å². The molecule has 0 aliphatic heterocycles. The monoisotopic (exact) mass is 703 g/mol. The SMILES string of the molecule is c1ccc(-c2cccc(-c3ccc(N(c4ccc(-c5cccc6oc7ccccc7c56)cc4)c4cccc5c4oc4c6ccccc6ccc54)cc3)c2)cc1. The number of nitrogens with zero attached hydrogens (tertiary/aromatic N) is 1. The van der Waals surface area contributed by atoms with Gasteiger partial charge in [-0.15, -0.1) is 0 Å². The van der Waals surface area contributed by atoms with Crippen LogP contribution in [0.5, 0.6) is 0 Å². The quantitative estimate of drug-likeness (QED) is 0.173. The molecule has 0 bridgehead atoms. The fourth-order valence-corrected chi connectivity index (χ4v) is 8.23. The third-order valence-corrected chi connectivity index (χ3v) is 10.9. The first-order valence-electron chi connectivity index (χ1n) is 18.7. The van der Waals surface area contributed by atoms with E-state index < -0.39 is 0 Å². The Hall–Kier alpha value is -7.36. The van der Waals surface area contributed by atoms with E-state index >= 15 is 0 Å². The van der Waals surface area contributed by atoms with Gasteiger partial charge in [-0.2, -0.15) is 0 Å². The molecule has 11 aromatic rings. The van der Waals surface area contributed by atoms with Crippen molar-refractivity contribution in [1.82, 2.24) is 0 Å². The number of benzene rings is 9. The van der Waals surface area contributed by atoms with Crippen LogP contribution in [0.25, 0.3) is 88.0 Å². The van der Waals surface area contributed by atoms with E-state index in [1.165, 1.54) is 16.7 Å². The molecule has 0 spiro atoms. The van der Waals surface area contributed by atoms with Gasteiger partial charge in [0.2, 0.25) is 0 Å². The van der Waals surface area contributed by atoms with Gasteiger partial charge in [0.15, 0.2) is 5.58 Å². The van der Waals surface area contributed by atoms with Gasteiger partial charge < -0.3 is 13.7 Å². The topological polar surface area (TPSA) is 29.5 Å². The van der Waals surface area contributed by atoms with Crippen LogP contribution in [-0.4, -0.2) is 0 Å². The number of fused-ring (bicyclic) bond motifs is 8. The first kappa shape index (κ1) is 31.2. The third kappa shape index (κ3) is 5.20. The van der Waals surface area contributed by atoms with E-state index in [4.69, 9.17) is 8.83 Å². The Morgan fingerprint density at radius 2 is 0.909 bits per heavy atom. The summed E-state index contributed by atoms with van der Waals surface area (Å²) in [7, 11) is 0. The fraction of sp³-hybridized carbons (Fsp3) is 0. The molecule has 3 nitrogen and oxygen atoms in total. The maximum Gasteiger partial charge on any atom is 0.159 e. The van der Waals surface area contributed by atoms with Gasteiger partial charge in [0.1, 0.15) is 16.7 Å². The van der Waals surface area contributed by atoms with Crippen LogP contribution in [0.3, 0.4) is 0 Å². The summed E-state index contributed by atoms with van der Waals surface area (Å²) >= 11 is 0. The van der Waals surface area contributed by atoms with E-state index in [1.54, 1.807) is 0 Å². The van der Waals surface area contributed by atoms with Crippen LogP contribution in [-0.2, 0) is 0 Å². The van der Waals surface area contributed by atoms with E-state index in [9.17, 15) is 0 Å². The molecule has 2 aromatic heterocycles. The van der Waals surface area contributed by atoms with Gasteiger partial charge >= 0.3 is 0 Å². The van der Waals surface area contributed by atoms with Crippen LogP contribution in [0.1, 0.15) is 0 Å². The molecule has 0 aliphatic rings. The number of furan rings is 2. The highest BCUT2D eigenvalue weighted by atomic mass is 16.3. The van der Waals surface area contributed by atoms with E-state index in [-0.39, 0.29) is 0 Å². The zero-order valence-electron chi connectivity index (χ0n) is 29.8. The maximum atomic E-state index is 6.89. The van der Waals surface area contributed by atoms with E-state index in [2.05, 4.69) is 187 Å². The molecular weight excluding hydrogens is 671 g/mol. The average molecular weight is 704 g/mol. The molecule has 0 atom stereocenters. The van der Waals surface area contributed by atoms with Crippen molar-refractivity contribution in [2.75, 3.05) is 4.90 Å². The Labute approximate surface area is 317 Å². The number of hydrogen-bond donors (Lipinski definition) is 0. The first-order chi connectivity index (χ1) is 27.3. The Balaban J connectivity index is 1.06. The lowest BCUT2D eigenvalue weighted by Crippen LogP contribution is -2.10. The normalized spacial score (nSPS) is 11.6. The van der Waals surface area contributed by atoms with Crippen molar-refractivity contribution >= 4 is 71.7 Å². The van der Waals surface area contributed by atoms with Gasteiger partial charge in [0.05, 0.1) is 5.69 Å². The summed E-state index contributed by atoms with van der Waals surface area (Å²) in [6, 6.07) is 70.9. The van der Waals surface area contributed by atoms with E-state index in [0.717, 1.165) is 88.4 Å². The molecule has 3 heteroatoms. The lowest BCUT2D eigenvalue weighted by atomic mass is 9.98. The van der Waals surface area contributed by atoms with Crippen molar-refractivity contribution < 1.29 is 8.83 Å². The predicted octanol–water partition coefficient (Wildman–Crippen LogP) is 15.1. The molecule has 9 aromatic carbocycles. The highest BCUT2D eigenvalue weighted by Crippen LogP contribution is 2.45. The Kier molecular flexibility index (Phi) is 7.17. The molecule has 11 rings (SSSR count). The van der Waals surface area contributed by atoms with Gasteiger partial charge in [0.25, 0.3) is 0 Å². The second kappa shape index (κ2) is 12.6. The molecule has 0 N–H and O–H groups in total. The zero-order valence-corrected chi connectivity index (χ0v) is 29.8. The van der Waals surface area contributed by atoms with Crippen molar-refractivity contribution in [2.45, 2.75) is 0 Å². The standard InChI is InChI=1S/C52H33NO2/c1-2-11-34(12-3-1)38-14-8-15-39(33-38)35-23-28-40(29-24-35)53(47-20-9-19-44-45-32-27-36-13-4-5-16-43(36)51(45)55-52(44)47)41-30-25-37(26-31-41)42-18-10-22-49-50(42)46-17-6-7-21-48(46)54-49/h1-33H. The van der Waals surface area contributed by atoms with Crippen molar-refractivity contribution in [1.29, 1.82) is 0 Å². The van der Waals surface area contributed by atoms with Crippen LogP contribution in [0.2, 0.25) is 0 Å². The molecule has 0 amide bonds. The summed E-state index contributed by atoms with van der Waals surface area (Å²) in [5, 5.41) is 6.73.